The molecule has 0 bridgehead atoms. The van der Waals surface area contributed by atoms with Crippen molar-refractivity contribution in [2.75, 3.05) is 19.3 Å². The van der Waals surface area contributed by atoms with Gasteiger partial charge in [0.1, 0.15) is 0 Å². The molecule has 1 aliphatic rings. The van der Waals surface area contributed by atoms with Gasteiger partial charge in [-0.25, -0.2) is 8.42 Å². The zero-order valence-electron chi connectivity index (χ0n) is 10.8. The van der Waals surface area contributed by atoms with Crippen LogP contribution in [0, 0.1) is 0 Å². The maximum Gasteiger partial charge on any atom is 0.251 e. The van der Waals surface area contributed by atoms with E-state index in [1.54, 1.807) is 12.1 Å². The predicted octanol–water partition coefficient (Wildman–Crippen LogP) is 0.572. The quantitative estimate of drug-likeness (QED) is 0.850. The molecule has 1 heterocycles. The van der Waals surface area contributed by atoms with Gasteiger partial charge in [0.2, 0.25) is 0 Å². The van der Waals surface area contributed by atoms with E-state index in [1.165, 1.54) is 12.1 Å². The van der Waals surface area contributed by atoms with Crippen molar-refractivity contribution in [3.8, 4) is 0 Å². The highest BCUT2D eigenvalue weighted by Crippen LogP contribution is 2.12. The lowest BCUT2D eigenvalue weighted by molar-refractivity contribution is 0.0930. The van der Waals surface area contributed by atoms with Crippen molar-refractivity contribution in [1.29, 1.82) is 0 Å². The summed E-state index contributed by atoms with van der Waals surface area (Å²) in [5.74, 6) is -0.223. The summed E-state index contributed by atoms with van der Waals surface area (Å²) in [6, 6.07) is 6.24. The van der Waals surface area contributed by atoms with Gasteiger partial charge < -0.3 is 10.6 Å². The Bertz CT molecular complexity index is 563. The van der Waals surface area contributed by atoms with Crippen molar-refractivity contribution in [3.63, 3.8) is 0 Å². The summed E-state index contributed by atoms with van der Waals surface area (Å²) in [5, 5.41) is 6.13. The summed E-state index contributed by atoms with van der Waals surface area (Å²) in [7, 11) is -3.28. The number of nitrogens with one attached hydrogen (secondary N) is 2. The van der Waals surface area contributed by atoms with Crippen molar-refractivity contribution >= 4 is 15.7 Å². The van der Waals surface area contributed by atoms with Crippen molar-refractivity contribution in [3.05, 3.63) is 29.8 Å². The molecule has 0 saturated carbocycles. The molecular weight excluding hydrogens is 264 g/mol. The fourth-order valence-corrected chi connectivity index (χ4v) is 2.78. The van der Waals surface area contributed by atoms with E-state index < -0.39 is 9.84 Å². The molecule has 1 atom stereocenters. The van der Waals surface area contributed by atoms with Gasteiger partial charge in [0.15, 0.2) is 9.84 Å². The first-order chi connectivity index (χ1) is 8.97. The molecule has 0 aliphatic carbocycles. The van der Waals surface area contributed by atoms with E-state index in [1.807, 2.05) is 0 Å². The molecule has 1 saturated heterocycles. The number of carbonyl (C=O) groups excluding carboxylic acids is 1. The lowest BCUT2D eigenvalue weighted by atomic mass is 10.1. The Morgan fingerprint density at radius 3 is 2.84 bits per heavy atom. The number of hydrogen-bond acceptors (Lipinski definition) is 4. The molecule has 104 valence electrons. The second-order valence-corrected chi connectivity index (χ2v) is 6.83. The molecule has 1 aromatic rings. The van der Waals surface area contributed by atoms with Crippen LogP contribution in [-0.2, 0) is 9.84 Å². The standard InChI is InChI=1S/C13H18N2O3S/c1-19(17,18)12-6-2-4-10(8-12)13(16)15-11-5-3-7-14-9-11/h2,4,6,8,11,14H,3,5,7,9H2,1H3,(H,15,16). The van der Waals surface area contributed by atoms with Crippen LogP contribution in [0.5, 0.6) is 0 Å². The Hall–Kier alpha value is -1.40. The Morgan fingerprint density at radius 1 is 1.42 bits per heavy atom. The number of sulfone groups is 1. The van der Waals surface area contributed by atoms with Crippen molar-refractivity contribution < 1.29 is 13.2 Å². The van der Waals surface area contributed by atoms with Crippen LogP contribution in [0.25, 0.3) is 0 Å². The number of carbonyl (C=O) groups is 1. The summed E-state index contributed by atoms with van der Waals surface area (Å²) < 4.78 is 22.9. The smallest absolute Gasteiger partial charge is 0.251 e. The predicted molar refractivity (Wildman–Crippen MR) is 72.9 cm³/mol. The summed E-state index contributed by atoms with van der Waals surface area (Å²) >= 11 is 0. The largest absolute Gasteiger partial charge is 0.348 e. The van der Waals surface area contributed by atoms with Crippen LogP contribution in [0.2, 0.25) is 0 Å². The third-order valence-corrected chi connectivity index (χ3v) is 4.27. The third-order valence-electron chi connectivity index (χ3n) is 3.16. The second-order valence-electron chi connectivity index (χ2n) is 4.82. The van der Waals surface area contributed by atoms with Crippen LogP contribution in [-0.4, -0.2) is 39.7 Å². The van der Waals surface area contributed by atoms with Gasteiger partial charge in [-0.2, -0.15) is 0 Å². The first-order valence-corrected chi connectivity index (χ1v) is 8.17. The molecule has 2 rings (SSSR count). The van der Waals surface area contributed by atoms with Gasteiger partial charge in [0.05, 0.1) is 4.90 Å². The molecule has 1 unspecified atom stereocenters. The Morgan fingerprint density at radius 2 is 2.21 bits per heavy atom. The van der Waals surface area contributed by atoms with Gasteiger partial charge in [-0.05, 0) is 37.6 Å². The van der Waals surface area contributed by atoms with Gasteiger partial charge in [-0.1, -0.05) is 6.07 Å². The van der Waals surface area contributed by atoms with Crippen LogP contribution in [0.1, 0.15) is 23.2 Å². The Labute approximate surface area is 113 Å². The molecule has 2 N–H and O–H groups in total. The maximum atomic E-state index is 12.1. The number of benzene rings is 1. The molecule has 0 radical (unpaired) electrons. The summed E-state index contributed by atoms with van der Waals surface area (Å²) in [4.78, 5) is 12.2. The van der Waals surface area contributed by atoms with E-state index in [2.05, 4.69) is 10.6 Å². The zero-order valence-corrected chi connectivity index (χ0v) is 11.7. The van der Waals surface area contributed by atoms with E-state index >= 15 is 0 Å². The van der Waals surface area contributed by atoms with Crippen molar-refractivity contribution in [2.45, 2.75) is 23.8 Å². The highest BCUT2D eigenvalue weighted by Gasteiger charge is 2.17. The van der Waals surface area contributed by atoms with Gasteiger partial charge in [-0.3, -0.25) is 4.79 Å². The average molecular weight is 282 g/mol. The SMILES string of the molecule is CS(=O)(=O)c1cccc(C(=O)NC2CCCNC2)c1. The van der Waals surface area contributed by atoms with Gasteiger partial charge >= 0.3 is 0 Å². The van der Waals surface area contributed by atoms with Crippen molar-refractivity contribution in [2.24, 2.45) is 0 Å². The van der Waals surface area contributed by atoms with Crippen LogP contribution in [0.3, 0.4) is 0 Å². The van der Waals surface area contributed by atoms with Crippen LogP contribution in [0.15, 0.2) is 29.2 Å². The third kappa shape index (κ3) is 3.78. The van der Waals surface area contributed by atoms with Gasteiger partial charge in [0, 0.05) is 24.4 Å². The highest BCUT2D eigenvalue weighted by atomic mass is 32.2. The molecule has 1 aliphatic heterocycles. The molecule has 0 spiro atoms. The summed E-state index contributed by atoms with van der Waals surface area (Å²) in [6.07, 6.45) is 3.12. The maximum absolute atomic E-state index is 12.1. The Balaban J connectivity index is 2.10. The minimum atomic E-state index is -3.28. The molecule has 5 nitrogen and oxygen atoms in total. The summed E-state index contributed by atoms with van der Waals surface area (Å²) in [6.45, 7) is 1.74. The fourth-order valence-electron chi connectivity index (χ4n) is 2.11. The number of rotatable bonds is 3. The number of hydrogen-bond donors (Lipinski definition) is 2. The first kappa shape index (κ1) is 14.0. The molecule has 1 amide bonds. The van der Waals surface area contributed by atoms with Crippen LogP contribution >= 0.6 is 0 Å². The zero-order chi connectivity index (χ0) is 13.9. The average Bonchev–Trinajstić information content (AvgIpc) is 2.39. The molecule has 1 aromatic carbocycles. The molecule has 0 aromatic heterocycles. The lowest BCUT2D eigenvalue weighted by Crippen LogP contribution is -2.45. The molecular formula is C13H18N2O3S. The summed E-state index contributed by atoms with van der Waals surface area (Å²) in [5.41, 5.74) is 0.383. The van der Waals surface area contributed by atoms with Gasteiger partial charge in [0.25, 0.3) is 5.91 Å². The van der Waals surface area contributed by atoms with E-state index in [0.717, 1.165) is 32.2 Å². The topological polar surface area (TPSA) is 75.3 Å². The molecule has 19 heavy (non-hydrogen) atoms. The van der Waals surface area contributed by atoms with Crippen LogP contribution < -0.4 is 10.6 Å². The minimum absolute atomic E-state index is 0.114. The van der Waals surface area contributed by atoms with E-state index in [4.69, 9.17) is 0 Å². The van der Waals surface area contributed by atoms with E-state index in [-0.39, 0.29) is 16.8 Å². The first-order valence-electron chi connectivity index (χ1n) is 6.28. The van der Waals surface area contributed by atoms with E-state index in [9.17, 15) is 13.2 Å². The molecule has 6 heteroatoms. The Kier molecular flexibility index (Phi) is 4.21. The van der Waals surface area contributed by atoms with E-state index in [0.29, 0.717) is 5.56 Å². The van der Waals surface area contributed by atoms with Crippen LogP contribution in [0.4, 0.5) is 0 Å². The lowest BCUT2D eigenvalue weighted by Gasteiger charge is -2.23. The number of amides is 1. The van der Waals surface area contributed by atoms with Crippen molar-refractivity contribution in [1.82, 2.24) is 10.6 Å². The monoisotopic (exact) mass is 282 g/mol. The normalized spacial score (nSPS) is 19.9. The minimum Gasteiger partial charge on any atom is -0.348 e. The molecule has 1 fully saturated rings. The number of piperidine rings is 1. The fraction of sp³-hybridized carbons (Fsp3) is 0.462. The van der Waals surface area contributed by atoms with Gasteiger partial charge in [-0.15, -0.1) is 0 Å². The highest BCUT2D eigenvalue weighted by molar-refractivity contribution is 7.90. The second kappa shape index (κ2) is 5.71.